The SMILES string of the molecule is N#Cc1c(N2C(=O)[C@H]3[C@@H](C2=O)[C@]2(N[C@@H]3CC(N)=O)C(=O)Nc3ccc(F)cc32)sc2c1CCCC2. The predicted molar refractivity (Wildman–Crippen MR) is 123 cm³/mol. The predicted octanol–water partition coefficient (Wildman–Crippen LogP) is 1.44. The molecule has 1 aliphatic carbocycles. The number of carbonyl (C=O) groups is 4. The fourth-order valence-corrected chi connectivity index (χ4v) is 7.54. The topological polar surface area (TPSA) is 145 Å². The van der Waals surface area contributed by atoms with Crippen LogP contribution < -0.4 is 21.3 Å². The van der Waals surface area contributed by atoms with Gasteiger partial charge in [-0.3, -0.25) is 24.5 Å². The zero-order valence-electron chi connectivity index (χ0n) is 18.4. The first-order chi connectivity index (χ1) is 16.8. The molecule has 2 fully saturated rings. The molecule has 4 atom stereocenters. The van der Waals surface area contributed by atoms with Crippen molar-refractivity contribution in [3.63, 3.8) is 0 Å². The minimum Gasteiger partial charge on any atom is -0.370 e. The molecule has 0 bridgehead atoms. The maximum absolute atomic E-state index is 14.3. The Morgan fingerprint density at radius 3 is 2.77 bits per heavy atom. The van der Waals surface area contributed by atoms with E-state index in [1.807, 2.05) is 0 Å². The number of nitrogens with zero attached hydrogens (tertiary/aromatic N) is 2. The summed E-state index contributed by atoms with van der Waals surface area (Å²) in [6.45, 7) is 0. The van der Waals surface area contributed by atoms with E-state index in [0.717, 1.165) is 40.7 Å². The van der Waals surface area contributed by atoms with Gasteiger partial charge in [0.1, 0.15) is 22.4 Å². The van der Waals surface area contributed by atoms with Crippen molar-refractivity contribution >= 4 is 45.7 Å². The van der Waals surface area contributed by atoms with E-state index in [0.29, 0.717) is 17.7 Å². The molecule has 1 aromatic carbocycles. The number of nitrogens with one attached hydrogen (secondary N) is 2. The average molecular weight is 494 g/mol. The Balaban J connectivity index is 1.53. The van der Waals surface area contributed by atoms with Gasteiger partial charge in [-0.2, -0.15) is 5.26 Å². The molecule has 0 radical (unpaired) electrons. The number of halogens is 1. The van der Waals surface area contributed by atoms with Gasteiger partial charge in [-0.15, -0.1) is 11.3 Å². The fourth-order valence-electron chi connectivity index (χ4n) is 6.19. The Morgan fingerprint density at radius 2 is 2.03 bits per heavy atom. The number of fused-ring (bicyclic) bond motifs is 5. The molecule has 11 heteroatoms. The van der Waals surface area contributed by atoms with E-state index < -0.39 is 52.9 Å². The molecule has 4 amide bonds. The lowest BCUT2D eigenvalue weighted by Crippen LogP contribution is -2.53. The molecule has 3 aliphatic heterocycles. The van der Waals surface area contributed by atoms with Crippen LogP contribution >= 0.6 is 11.3 Å². The quantitative estimate of drug-likeness (QED) is 0.552. The zero-order chi connectivity index (χ0) is 24.6. The number of hydrogen-bond acceptors (Lipinski definition) is 7. The first-order valence-electron chi connectivity index (χ1n) is 11.4. The van der Waals surface area contributed by atoms with Crippen molar-refractivity contribution in [2.24, 2.45) is 17.6 Å². The third kappa shape index (κ3) is 2.81. The van der Waals surface area contributed by atoms with Gasteiger partial charge >= 0.3 is 0 Å². The lowest BCUT2D eigenvalue weighted by Gasteiger charge is -2.29. The summed E-state index contributed by atoms with van der Waals surface area (Å²) in [5.74, 6) is -5.48. The molecule has 2 saturated heterocycles. The third-order valence-corrected chi connectivity index (χ3v) is 8.84. The number of imide groups is 1. The molecule has 2 aromatic rings. The number of amides is 4. The molecule has 6 rings (SSSR count). The van der Waals surface area contributed by atoms with E-state index in [1.54, 1.807) is 0 Å². The summed E-state index contributed by atoms with van der Waals surface area (Å²) in [5.41, 5.74) is 5.40. The summed E-state index contributed by atoms with van der Waals surface area (Å²) in [7, 11) is 0. The summed E-state index contributed by atoms with van der Waals surface area (Å²) < 4.78 is 14.3. The molecular formula is C24H20FN5O4S. The van der Waals surface area contributed by atoms with E-state index in [9.17, 15) is 28.8 Å². The van der Waals surface area contributed by atoms with Crippen LogP contribution in [-0.2, 0) is 37.6 Å². The Labute approximate surface area is 203 Å². The fraction of sp³-hybridized carbons (Fsp3) is 0.375. The Morgan fingerprint density at radius 1 is 1.26 bits per heavy atom. The smallest absolute Gasteiger partial charge is 0.250 e. The summed E-state index contributed by atoms with van der Waals surface area (Å²) in [4.78, 5) is 55.0. The molecular weight excluding hydrogens is 473 g/mol. The summed E-state index contributed by atoms with van der Waals surface area (Å²) in [6, 6.07) is 5.00. The number of anilines is 2. The van der Waals surface area contributed by atoms with Crippen molar-refractivity contribution in [1.29, 1.82) is 5.26 Å². The first-order valence-corrected chi connectivity index (χ1v) is 12.2. The molecule has 0 saturated carbocycles. The highest BCUT2D eigenvalue weighted by molar-refractivity contribution is 7.17. The van der Waals surface area contributed by atoms with E-state index in [4.69, 9.17) is 5.73 Å². The largest absolute Gasteiger partial charge is 0.370 e. The highest BCUT2D eigenvalue weighted by Crippen LogP contribution is 2.55. The second-order valence-corrected chi connectivity index (χ2v) is 10.5. The molecule has 1 aromatic heterocycles. The Kier molecular flexibility index (Phi) is 4.65. The van der Waals surface area contributed by atoms with Crippen molar-refractivity contribution in [3.8, 4) is 6.07 Å². The van der Waals surface area contributed by atoms with Crippen molar-refractivity contribution in [2.75, 3.05) is 10.2 Å². The normalized spacial score (nSPS) is 28.6. The van der Waals surface area contributed by atoms with Crippen molar-refractivity contribution in [3.05, 3.63) is 45.6 Å². The Bertz CT molecular complexity index is 1400. The van der Waals surface area contributed by atoms with E-state index >= 15 is 0 Å². The lowest BCUT2D eigenvalue weighted by molar-refractivity contribution is -0.130. The standard InChI is InChI=1S/C24H20FN5O4S/c25-10-5-6-14-13(7-10)24(23(34)28-14)19-18(15(29-24)8-17(27)31)20(32)30(21(19)33)22-12(9-26)11-3-1-2-4-16(11)35-22/h5-7,15,18-19,29H,1-4,8H2,(H2,27,31)(H,28,34)/t15-,18-,19+,24+/m1/s1. The molecule has 178 valence electrons. The van der Waals surface area contributed by atoms with Crippen LogP contribution in [0.2, 0.25) is 0 Å². The van der Waals surface area contributed by atoms with Crippen LogP contribution in [0.15, 0.2) is 18.2 Å². The molecule has 4 heterocycles. The summed E-state index contributed by atoms with van der Waals surface area (Å²) in [6.07, 6.45) is 3.05. The number of nitriles is 1. The number of aryl methyl sites for hydroxylation is 1. The molecule has 35 heavy (non-hydrogen) atoms. The van der Waals surface area contributed by atoms with Crippen LogP contribution in [0.5, 0.6) is 0 Å². The number of nitrogens with two attached hydrogens (primary N) is 1. The van der Waals surface area contributed by atoms with Gasteiger partial charge in [0, 0.05) is 28.6 Å². The molecule has 9 nitrogen and oxygen atoms in total. The van der Waals surface area contributed by atoms with Crippen molar-refractivity contribution in [2.45, 2.75) is 43.7 Å². The van der Waals surface area contributed by atoms with Gasteiger partial charge < -0.3 is 11.1 Å². The zero-order valence-corrected chi connectivity index (χ0v) is 19.2. The number of primary amides is 1. The number of benzene rings is 1. The summed E-state index contributed by atoms with van der Waals surface area (Å²) in [5, 5.41) is 15.9. The van der Waals surface area contributed by atoms with Crippen LogP contribution in [-0.4, -0.2) is 29.7 Å². The lowest BCUT2D eigenvalue weighted by atomic mass is 9.76. The third-order valence-electron chi connectivity index (χ3n) is 7.57. The highest BCUT2D eigenvalue weighted by Gasteiger charge is 2.71. The molecule has 1 spiro atoms. The monoisotopic (exact) mass is 493 g/mol. The Hall–Kier alpha value is -3.62. The van der Waals surface area contributed by atoms with Gasteiger partial charge in [0.2, 0.25) is 23.6 Å². The minimum absolute atomic E-state index is 0.207. The highest BCUT2D eigenvalue weighted by atomic mass is 32.1. The van der Waals surface area contributed by atoms with Gasteiger partial charge in [-0.05, 0) is 49.4 Å². The van der Waals surface area contributed by atoms with Crippen molar-refractivity contribution in [1.82, 2.24) is 5.32 Å². The molecule has 4 aliphatic rings. The number of carbonyl (C=O) groups excluding carboxylic acids is 4. The maximum Gasteiger partial charge on any atom is 0.250 e. The van der Waals surface area contributed by atoms with Crippen LogP contribution in [0, 0.1) is 29.0 Å². The van der Waals surface area contributed by atoms with Gasteiger partial charge in [-0.1, -0.05) is 0 Å². The van der Waals surface area contributed by atoms with Crippen LogP contribution in [0.1, 0.15) is 40.8 Å². The van der Waals surface area contributed by atoms with Gasteiger partial charge in [0.25, 0.3) is 0 Å². The number of hydrogen-bond donors (Lipinski definition) is 3. The number of rotatable bonds is 3. The second-order valence-electron chi connectivity index (χ2n) is 9.39. The van der Waals surface area contributed by atoms with Crippen molar-refractivity contribution < 1.29 is 23.6 Å². The van der Waals surface area contributed by atoms with E-state index in [1.165, 1.54) is 23.5 Å². The maximum atomic E-state index is 14.3. The van der Waals surface area contributed by atoms with E-state index in [2.05, 4.69) is 16.7 Å². The van der Waals surface area contributed by atoms with Gasteiger partial charge in [0.15, 0.2) is 0 Å². The molecule has 4 N–H and O–H groups in total. The average Bonchev–Trinajstić information content (AvgIpc) is 3.50. The van der Waals surface area contributed by atoms with E-state index in [-0.39, 0.29) is 17.0 Å². The first kappa shape index (κ1) is 21.9. The van der Waals surface area contributed by atoms with Crippen LogP contribution in [0.25, 0.3) is 0 Å². The van der Waals surface area contributed by atoms with Gasteiger partial charge in [-0.25, -0.2) is 9.29 Å². The van der Waals surface area contributed by atoms with Gasteiger partial charge in [0.05, 0.1) is 17.4 Å². The van der Waals surface area contributed by atoms with Crippen LogP contribution in [0.4, 0.5) is 15.1 Å². The second kappa shape index (κ2) is 7.44. The minimum atomic E-state index is -1.74. The molecule has 0 unspecified atom stereocenters. The summed E-state index contributed by atoms with van der Waals surface area (Å²) >= 11 is 1.25. The number of thiophene rings is 1. The van der Waals surface area contributed by atoms with Crippen LogP contribution in [0.3, 0.4) is 0 Å².